The van der Waals surface area contributed by atoms with Crippen molar-refractivity contribution in [1.29, 1.82) is 0 Å². The molecule has 1 heteroatoms. The summed E-state index contributed by atoms with van der Waals surface area (Å²) < 4.78 is 0. The van der Waals surface area contributed by atoms with E-state index >= 15 is 0 Å². The van der Waals surface area contributed by atoms with E-state index in [1.807, 2.05) is 18.2 Å². The molecule has 1 nitrogen and oxygen atoms in total. The molecule has 1 N–H and O–H groups in total. The van der Waals surface area contributed by atoms with Gasteiger partial charge in [0, 0.05) is 6.61 Å². The van der Waals surface area contributed by atoms with E-state index in [0.717, 1.165) is 18.4 Å². The number of aryl methyl sites for hydroxylation is 1. The molecule has 0 saturated carbocycles. The van der Waals surface area contributed by atoms with E-state index < -0.39 is 0 Å². The molecule has 0 aliphatic heterocycles. The molecule has 2 radical (unpaired) electrons. The fraction of sp³-hybridized carbons (Fsp3) is 0.333. The molecule has 0 aromatic heterocycles. The van der Waals surface area contributed by atoms with Crippen molar-refractivity contribution in [2.75, 3.05) is 6.61 Å². The molecule has 0 aliphatic carbocycles. The van der Waals surface area contributed by atoms with Gasteiger partial charge in [-0.3, -0.25) is 0 Å². The maximum absolute atomic E-state index is 8.50. The van der Waals surface area contributed by atoms with Gasteiger partial charge < -0.3 is 5.11 Å². The molecule has 0 aliphatic rings. The summed E-state index contributed by atoms with van der Waals surface area (Å²) in [5.74, 6) is 0. The van der Waals surface area contributed by atoms with Gasteiger partial charge in [0.25, 0.3) is 0 Å². The highest BCUT2D eigenvalue weighted by Crippen LogP contribution is 1.99. The third kappa shape index (κ3) is 2.19. The van der Waals surface area contributed by atoms with Gasteiger partial charge in [-0.05, 0) is 30.5 Å². The van der Waals surface area contributed by atoms with Crippen LogP contribution < -0.4 is 0 Å². The fourth-order valence-electron chi connectivity index (χ4n) is 0.801. The lowest BCUT2D eigenvalue weighted by Gasteiger charge is -1.95. The first-order valence-corrected chi connectivity index (χ1v) is 3.41. The van der Waals surface area contributed by atoms with Crippen LogP contribution in [0.2, 0.25) is 0 Å². The topological polar surface area (TPSA) is 20.2 Å². The zero-order valence-electron chi connectivity index (χ0n) is 5.80. The van der Waals surface area contributed by atoms with Crippen molar-refractivity contribution in [3.63, 3.8) is 0 Å². The summed E-state index contributed by atoms with van der Waals surface area (Å²) in [4.78, 5) is 0. The van der Waals surface area contributed by atoms with Crippen LogP contribution in [0.25, 0.3) is 0 Å². The van der Waals surface area contributed by atoms with Crippen molar-refractivity contribution in [1.82, 2.24) is 0 Å². The van der Waals surface area contributed by atoms with E-state index in [9.17, 15) is 0 Å². The first-order valence-electron chi connectivity index (χ1n) is 3.41. The smallest absolute Gasteiger partial charge is 0.0434 e. The molecule has 0 heterocycles. The van der Waals surface area contributed by atoms with Crippen LogP contribution >= 0.6 is 0 Å². The van der Waals surface area contributed by atoms with E-state index in [-0.39, 0.29) is 6.61 Å². The first kappa shape index (κ1) is 7.29. The lowest BCUT2D eigenvalue weighted by Crippen LogP contribution is -1.88. The number of aliphatic hydroxyl groups excluding tert-OH is 1. The molecule has 0 spiro atoms. The largest absolute Gasteiger partial charge is 0.396 e. The molecule has 0 fully saturated rings. The average Bonchev–Trinajstić information content (AvgIpc) is 2.03. The third-order valence-corrected chi connectivity index (χ3v) is 1.31. The van der Waals surface area contributed by atoms with E-state index in [1.165, 1.54) is 0 Å². The second-order valence-electron chi connectivity index (χ2n) is 2.14. The number of rotatable bonds is 3. The molecule has 0 amide bonds. The van der Waals surface area contributed by atoms with Gasteiger partial charge in [-0.15, -0.1) is 0 Å². The summed E-state index contributed by atoms with van der Waals surface area (Å²) in [7, 11) is 0. The molecule has 0 atom stereocenters. The minimum atomic E-state index is 0.253. The Morgan fingerprint density at radius 1 is 1.40 bits per heavy atom. The van der Waals surface area contributed by atoms with Crippen molar-refractivity contribution in [3.8, 4) is 0 Å². The SMILES string of the molecule is OCCCc1[c]cc[c]c1. The van der Waals surface area contributed by atoms with Gasteiger partial charge in [0.2, 0.25) is 0 Å². The molecule has 0 saturated heterocycles. The van der Waals surface area contributed by atoms with Crippen molar-refractivity contribution < 1.29 is 5.11 Å². The fourth-order valence-corrected chi connectivity index (χ4v) is 0.801. The number of aliphatic hydroxyl groups is 1. The van der Waals surface area contributed by atoms with Crippen molar-refractivity contribution >= 4 is 0 Å². The van der Waals surface area contributed by atoms with Gasteiger partial charge in [0.05, 0.1) is 0 Å². The summed E-state index contributed by atoms with van der Waals surface area (Å²) in [6.45, 7) is 0.253. The summed E-state index contributed by atoms with van der Waals surface area (Å²) in [6.07, 6.45) is 1.71. The molecule has 1 aromatic carbocycles. The standard InChI is InChI=1S/C9H10O/c10-8-4-7-9-5-2-1-3-6-9/h1-2,6,10H,4,7-8H2. The first-order chi connectivity index (χ1) is 4.93. The highest BCUT2D eigenvalue weighted by Gasteiger charge is 1.88. The van der Waals surface area contributed by atoms with Crippen molar-refractivity contribution in [3.05, 3.63) is 35.9 Å². The maximum Gasteiger partial charge on any atom is 0.0434 e. The van der Waals surface area contributed by atoms with E-state index in [0.29, 0.717) is 0 Å². The van der Waals surface area contributed by atoms with Crippen LogP contribution in [0, 0.1) is 12.1 Å². The summed E-state index contributed by atoms with van der Waals surface area (Å²) in [5, 5.41) is 8.50. The molecular weight excluding hydrogens is 124 g/mol. The predicted octanol–water partition coefficient (Wildman–Crippen LogP) is 1.21. The second kappa shape index (κ2) is 4.07. The third-order valence-electron chi connectivity index (χ3n) is 1.31. The molecule has 1 aromatic rings. The Hall–Kier alpha value is -0.820. The summed E-state index contributed by atoms with van der Waals surface area (Å²) in [6, 6.07) is 11.6. The molecular formula is C9H10O. The van der Waals surface area contributed by atoms with Gasteiger partial charge in [-0.1, -0.05) is 18.2 Å². The highest BCUT2D eigenvalue weighted by atomic mass is 16.2. The zero-order valence-corrected chi connectivity index (χ0v) is 5.80. The van der Waals surface area contributed by atoms with Gasteiger partial charge in [-0.25, -0.2) is 0 Å². The van der Waals surface area contributed by atoms with Crippen LogP contribution in [0.3, 0.4) is 0 Å². The number of benzene rings is 1. The Morgan fingerprint density at radius 3 is 2.90 bits per heavy atom. The number of hydrogen-bond acceptors (Lipinski definition) is 1. The normalized spacial score (nSPS) is 9.70. The van der Waals surface area contributed by atoms with Crippen molar-refractivity contribution in [2.45, 2.75) is 12.8 Å². The Kier molecular flexibility index (Phi) is 2.97. The van der Waals surface area contributed by atoms with Gasteiger partial charge in [0.15, 0.2) is 0 Å². The Labute approximate surface area is 61.3 Å². The minimum absolute atomic E-state index is 0.253. The Morgan fingerprint density at radius 2 is 2.30 bits per heavy atom. The minimum Gasteiger partial charge on any atom is -0.396 e. The summed E-state index contributed by atoms with van der Waals surface area (Å²) in [5.41, 5.74) is 1.12. The molecule has 10 heavy (non-hydrogen) atoms. The lowest BCUT2D eigenvalue weighted by atomic mass is 10.1. The molecule has 0 unspecified atom stereocenters. The van der Waals surface area contributed by atoms with Crippen LogP contribution in [-0.4, -0.2) is 11.7 Å². The van der Waals surface area contributed by atoms with Crippen LogP contribution in [0.5, 0.6) is 0 Å². The zero-order chi connectivity index (χ0) is 7.23. The van der Waals surface area contributed by atoms with Gasteiger partial charge in [0.1, 0.15) is 0 Å². The Balaban J connectivity index is 2.43. The molecule has 52 valence electrons. The van der Waals surface area contributed by atoms with Crippen LogP contribution in [-0.2, 0) is 6.42 Å². The highest BCUT2D eigenvalue weighted by molar-refractivity contribution is 5.11. The number of hydrogen-bond donors (Lipinski definition) is 1. The molecule has 1 rings (SSSR count). The van der Waals surface area contributed by atoms with Crippen LogP contribution in [0.1, 0.15) is 12.0 Å². The van der Waals surface area contributed by atoms with Crippen LogP contribution in [0.15, 0.2) is 18.2 Å². The predicted molar refractivity (Wildman–Crippen MR) is 39.5 cm³/mol. The van der Waals surface area contributed by atoms with Crippen LogP contribution in [0.4, 0.5) is 0 Å². The van der Waals surface area contributed by atoms with E-state index in [1.54, 1.807) is 0 Å². The van der Waals surface area contributed by atoms with E-state index in [4.69, 9.17) is 5.11 Å². The van der Waals surface area contributed by atoms with E-state index in [2.05, 4.69) is 12.1 Å². The van der Waals surface area contributed by atoms with Gasteiger partial charge in [-0.2, -0.15) is 0 Å². The molecule has 0 bridgehead atoms. The quantitative estimate of drug-likeness (QED) is 0.658. The average molecular weight is 134 g/mol. The van der Waals surface area contributed by atoms with Gasteiger partial charge >= 0.3 is 0 Å². The second-order valence-corrected chi connectivity index (χ2v) is 2.14. The summed E-state index contributed by atoms with van der Waals surface area (Å²) >= 11 is 0. The Bertz CT molecular complexity index is 169. The lowest BCUT2D eigenvalue weighted by molar-refractivity contribution is 0.288. The maximum atomic E-state index is 8.50. The van der Waals surface area contributed by atoms with Crippen molar-refractivity contribution in [2.24, 2.45) is 0 Å². The monoisotopic (exact) mass is 134 g/mol.